The molecule has 0 N–H and O–H groups in total. The van der Waals surface area contributed by atoms with E-state index < -0.39 is 5.97 Å². The van der Waals surface area contributed by atoms with E-state index in [9.17, 15) is 4.79 Å². The van der Waals surface area contributed by atoms with Gasteiger partial charge in [-0.25, -0.2) is 14.5 Å². The SMILES string of the molecule is Cc1nc(C(=O)OC2(C3CCOC3)CC2)nn1-c1ccccc1C(C)C. The third-order valence-corrected chi connectivity index (χ3v) is 5.45. The summed E-state index contributed by atoms with van der Waals surface area (Å²) in [5.41, 5.74) is 1.77. The number of carbonyl (C=O) groups excluding carboxylic acids is 1. The Morgan fingerprint density at radius 3 is 2.77 bits per heavy atom. The van der Waals surface area contributed by atoms with Crippen molar-refractivity contribution in [1.29, 1.82) is 0 Å². The van der Waals surface area contributed by atoms with Gasteiger partial charge in [-0.1, -0.05) is 32.0 Å². The molecule has 2 heterocycles. The Bertz CT molecular complexity index is 817. The number of rotatable bonds is 5. The maximum absolute atomic E-state index is 12.7. The molecule has 0 bridgehead atoms. The topological polar surface area (TPSA) is 66.2 Å². The Labute approximate surface area is 153 Å². The number of benzene rings is 1. The molecule has 0 spiro atoms. The highest BCUT2D eigenvalue weighted by Gasteiger charge is 2.54. The standard InChI is InChI=1S/C20H25N3O3/c1-13(2)16-6-4-5-7-17(16)23-14(3)21-18(22-23)19(24)26-20(9-10-20)15-8-11-25-12-15/h4-7,13,15H,8-12H2,1-3H3. The number of ether oxygens (including phenoxy) is 2. The maximum atomic E-state index is 12.7. The second-order valence-electron chi connectivity index (χ2n) is 7.62. The van der Waals surface area contributed by atoms with Crippen molar-refractivity contribution in [1.82, 2.24) is 14.8 Å². The summed E-state index contributed by atoms with van der Waals surface area (Å²) in [7, 11) is 0. The summed E-state index contributed by atoms with van der Waals surface area (Å²) in [6, 6.07) is 8.07. The van der Waals surface area contributed by atoms with Crippen LogP contribution >= 0.6 is 0 Å². The van der Waals surface area contributed by atoms with Crippen LogP contribution in [0.15, 0.2) is 24.3 Å². The lowest BCUT2D eigenvalue weighted by Gasteiger charge is -2.21. The van der Waals surface area contributed by atoms with Gasteiger partial charge in [0.1, 0.15) is 11.4 Å². The van der Waals surface area contributed by atoms with Crippen LogP contribution in [0.5, 0.6) is 0 Å². The molecule has 138 valence electrons. The molecule has 6 nitrogen and oxygen atoms in total. The minimum absolute atomic E-state index is 0.131. The molecule has 1 unspecified atom stereocenters. The highest BCUT2D eigenvalue weighted by atomic mass is 16.6. The highest BCUT2D eigenvalue weighted by Crippen LogP contribution is 2.49. The molecular weight excluding hydrogens is 330 g/mol. The van der Waals surface area contributed by atoms with Crippen LogP contribution in [0.25, 0.3) is 5.69 Å². The number of carbonyl (C=O) groups is 1. The normalized spacial score (nSPS) is 21.2. The van der Waals surface area contributed by atoms with Gasteiger partial charge in [-0.05, 0) is 43.7 Å². The Kier molecular flexibility index (Phi) is 4.31. The summed E-state index contributed by atoms with van der Waals surface area (Å²) >= 11 is 0. The minimum Gasteiger partial charge on any atom is -0.453 e. The average molecular weight is 355 g/mol. The quantitative estimate of drug-likeness (QED) is 0.769. The van der Waals surface area contributed by atoms with Crippen molar-refractivity contribution in [3.8, 4) is 5.69 Å². The third-order valence-electron chi connectivity index (χ3n) is 5.45. The second kappa shape index (κ2) is 6.50. The van der Waals surface area contributed by atoms with E-state index in [1.54, 1.807) is 4.68 Å². The Morgan fingerprint density at radius 2 is 2.12 bits per heavy atom. The van der Waals surface area contributed by atoms with Crippen molar-refractivity contribution < 1.29 is 14.3 Å². The van der Waals surface area contributed by atoms with Crippen LogP contribution in [0.2, 0.25) is 0 Å². The molecule has 4 rings (SSSR count). The summed E-state index contributed by atoms with van der Waals surface area (Å²) in [6.45, 7) is 7.57. The number of hydrogen-bond acceptors (Lipinski definition) is 5. The van der Waals surface area contributed by atoms with E-state index in [0.29, 0.717) is 24.3 Å². The van der Waals surface area contributed by atoms with E-state index in [-0.39, 0.29) is 11.4 Å². The van der Waals surface area contributed by atoms with Gasteiger partial charge in [-0.2, -0.15) is 0 Å². The molecule has 2 aliphatic rings. The number of hydrogen-bond donors (Lipinski definition) is 0. The van der Waals surface area contributed by atoms with Gasteiger partial charge in [0.2, 0.25) is 0 Å². The van der Waals surface area contributed by atoms with E-state index >= 15 is 0 Å². The molecule has 6 heteroatoms. The molecule has 26 heavy (non-hydrogen) atoms. The first kappa shape index (κ1) is 17.2. The van der Waals surface area contributed by atoms with Gasteiger partial charge < -0.3 is 9.47 Å². The number of para-hydroxylation sites is 1. The summed E-state index contributed by atoms with van der Waals surface area (Å²) < 4.78 is 13.0. The van der Waals surface area contributed by atoms with E-state index in [1.165, 1.54) is 5.56 Å². The Hall–Kier alpha value is -2.21. The van der Waals surface area contributed by atoms with Crippen molar-refractivity contribution in [3.63, 3.8) is 0 Å². The minimum atomic E-state index is -0.432. The molecule has 1 aliphatic heterocycles. The first-order valence-corrected chi connectivity index (χ1v) is 9.34. The van der Waals surface area contributed by atoms with Crippen molar-refractivity contribution in [2.45, 2.75) is 51.6 Å². The van der Waals surface area contributed by atoms with E-state index in [4.69, 9.17) is 9.47 Å². The van der Waals surface area contributed by atoms with Crippen LogP contribution < -0.4 is 0 Å². The lowest BCUT2D eigenvalue weighted by molar-refractivity contribution is -0.000432. The first-order chi connectivity index (χ1) is 12.5. The monoisotopic (exact) mass is 355 g/mol. The van der Waals surface area contributed by atoms with Gasteiger partial charge in [-0.15, -0.1) is 5.10 Å². The lowest BCUT2D eigenvalue weighted by atomic mass is 9.99. The van der Waals surface area contributed by atoms with Crippen LogP contribution in [-0.4, -0.2) is 39.5 Å². The van der Waals surface area contributed by atoms with Gasteiger partial charge in [-0.3, -0.25) is 0 Å². The molecule has 1 saturated carbocycles. The molecule has 1 aromatic carbocycles. The fourth-order valence-electron chi connectivity index (χ4n) is 3.77. The number of nitrogens with zero attached hydrogens (tertiary/aromatic N) is 3. The Balaban J connectivity index is 1.58. The van der Waals surface area contributed by atoms with Crippen LogP contribution in [0.4, 0.5) is 0 Å². The lowest BCUT2D eigenvalue weighted by Crippen LogP contribution is -2.29. The van der Waals surface area contributed by atoms with E-state index in [2.05, 4.69) is 30.0 Å². The fourth-order valence-corrected chi connectivity index (χ4v) is 3.77. The van der Waals surface area contributed by atoms with Crippen molar-refractivity contribution in [2.75, 3.05) is 13.2 Å². The predicted octanol–water partition coefficient (Wildman–Crippen LogP) is 3.43. The zero-order valence-electron chi connectivity index (χ0n) is 15.6. The number of esters is 1. The molecule has 1 saturated heterocycles. The van der Waals surface area contributed by atoms with Gasteiger partial charge >= 0.3 is 5.97 Å². The molecule has 0 radical (unpaired) electrons. The highest BCUT2D eigenvalue weighted by molar-refractivity contribution is 5.85. The summed E-state index contributed by atoms with van der Waals surface area (Å²) in [6.07, 6.45) is 2.77. The summed E-state index contributed by atoms with van der Waals surface area (Å²) in [5.74, 6) is 1.03. The number of aryl methyl sites for hydroxylation is 1. The van der Waals surface area contributed by atoms with E-state index in [0.717, 1.165) is 31.6 Å². The molecule has 0 amide bonds. The largest absolute Gasteiger partial charge is 0.453 e. The molecule has 2 aromatic rings. The molecule has 1 atom stereocenters. The van der Waals surface area contributed by atoms with Gasteiger partial charge in [0.25, 0.3) is 5.82 Å². The zero-order chi connectivity index (χ0) is 18.3. The van der Waals surface area contributed by atoms with Crippen molar-refractivity contribution >= 4 is 5.97 Å². The first-order valence-electron chi connectivity index (χ1n) is 9.34. The van der Waals surface area contributed by atoms with Gasteiger partial charge in [0.15, 0.2) is 0 Å². The summed E-state index contributed by atoms with van der Waals surface area (Å²) in [5, 5.41) is 4.46. The zero-order valence-corrected chi connectivity index (χ0v) is 15.6. The van der Waals surface area contributed by atoms with E-state index in [1.807, 2.05) is 25.1 Å². The van der Waals surface area contributed by atoms with Gasteiger partial charge in [0, 0.05) is 12.5 Å². The average Bonchev–Trinajstić information content (AvgIpc) is 3.05. The second-order valence-corrected chi connectivity index (χ2v) is 7.62. The van der Waals surface area contributed by atoms with Gasteiger partial charge in [0.05, 0.1) is 12.3 Å². The Morgan fingerprint density at radius 1 is 1.35 bits per heavy atom. The van der Waals surface area contributed by atoms with Crippen molar-refractivity contribution in [2.24, 2.45) is 5.92 Å². The van der Waals surface area contributed by atoms with Crippen molar-refractivity contribution in [3.05, 3.63) is 41.5 Å². The smallest absolute Gasteiger partial charge is 0.378 e. The third kappa shape index (κ3) is 3.03. The molecular formula is C20H25N3O3. The van der Waals surface area contributed by atoms with Crippen LogP contribution in [0.1, 0.15) is 61.0 Å². The molecule has 2 fully saturated rings. The predicted molar refractivity (Wildman–Crippen MR) is 96.5 cm³/mol. The van der Waals surface area contributed by atoms with Crippen LogP contribution in [0.3, 0.4) is 0 Å². The fraction of sp³-hybridized carbons (Fsp3) is 0.550. The molecule has 1 aliphatic carbocycles. The number of aromatic nitrogens is 3. The maximum Gasteiger partial charge on any atom is 0.378 e. The summed E-state index contributed by atoms with van der Waals surface area (Å²) in [4.78, 5) is 17.0. The molecule has 1 aromatic heterocycles. The van der Waals surface area contributed by atoms with Crippen LogP contribution in [0, 0.1) is 12.8 Å². The van der Waals surface area contributed by atoms with Crippen LogP contribution in [-0.2, 0) is 9.47 Å².